The van der Waals surface area contributed by atoms with Crippen LogP contribution in [0.4, 0.5) is 8.78 Å². The van der Waals surface area contributed by atoms with E-state index >= 15 is 0 Å². The first-order valence-corrected chi connectivity index (χ1v) is 14.0. The fourth-order valence-electron chi connectivity index (χ4n) is 3.47. The molecule has 0 bridgehead atoms. The van der Waals surface area contributed by atoms with Gasteiger partial charge in [-0.1, -0.05) is 29.6 Å². The zero-order chi connectivity index (χ0) is 30.9. The van der Waals surface area contributed by atoms with Crippen molar-refractivity contribution in [1.82, 2.24) is 15.5 Å². The standard InChI is InChI=1S/C27H29F2N3O7S2/c1-14(33)30-22(25(36)32(4)5)12-41-27(38)23(31-15(2)34)13-40-26(37)20-10-17(6-9-24(20)39-16(3)35)19-8-7-18(28)11-21(19)29/h6-11,22-23H,12-13H2,1-5H3,(H,30,33)(H,31,34). The molecule has 41 heavy (non-hydrogen) atoms. The lowest BCUT2D eigenvalue weighted by Gasteiger charge is -2.22. The van der Waals surface area contributed by atoms with Crippen LogP contribution in [0.25, 0.3) is 11.1 Å². The lowest BCUT2D eigenvalue weighted by atomic mass is 10.0. The van der Waals surface area contributed by atoms with Gasteiger partial charge in [-0.2, -0.15) is 0 Å². The molecule has 3 amide bonds. The van der Waals surface area contributed by atoms with Crippen molar-refractivity contribution in [2.45, 2.75) is 32.9 Å². The summed E-state index contributed by atoms with van der Waals surface area (Å²) in [6.07, 6.45) is 0. The molecule has 10 nitrogen and oxygen atoms in total. The highest BCUT2D eigenvalue weighted by molar-refractivity contribution is 8.15. The number of hydrogen-bond donors (Lipinski definition) is 2. The Labute approximate surface area is 243 Å². The zero-order valence-corrected chi connectivity index (χ0v) is 24.5. The maximum Gasteiger partial charge on any atom is 0.308 e. The van der Waals surface area contributed by atoms with E-state index in [0.717, 1.165) is 13.0 Å². The molecule has 0 heterocycles. The van der Waals surface area contributed by atoms with Crippen LogP contribution in [0.15, 0.2) is 36.4 Å². The zero-order valence-electron chi connectivity index (χ0n) is 22.9. The third-order valence-corrected chi connectivity index (χ3v) is 7.30. The highest BCUT2D eigenvalue weighted by atomic mass is 32.2. The number of rotatable bonds is 11. The Bertz CT molecular complexity index is 1350. The van der Waals surface area contributed by atoms with Crippen molar-refractivity contribution in [3.05, 3.63) is 53.6 Å². The number of esters is 1. The van der Waals surface area contributed by atoms with Crippen molar-refractivity contribution in [1.29, 1.82) is 0 Å². The minimum absolute atomic E-state index is 0.00326. The summed E-state index contributed by atoms with van der Waals surface area (Å²) in [5.41, 5.74) is 0.0980. The van der Waals surface area contributed by atoms with Gasteiger partial charge in [0.15, 0.2) is 0 Å². The number of likely N-dealkylation sites (N-methyl/N-ethyl adjacent to an activating group) is 1. The second kappa shape index (κ2) is 15.3. The number of ether oxygens (including phenoxy) is 1. The molecule has 2 atom stereocenters. The fourth-order valence-corrected chi connectivity index (χ4v) is 5.35. The van der Waals surface area contributed by atoms with Gasteiger partial charge in [0, 0.05) is 58.0 Å². The van der Waals surface area contributed by atoms with E-state index in [4.69, 9.17) is 4.74 Å². The van der Waals surface area contributed by atoms with Gasteiger partial charge in [-0.25, -0.2) is 8.78 Å². The molecule has 0 fully saturated rings. The summed E-state index contributed by atoms with van der Waals surface area (Å²) in [5, 5.41) is 3.72. The minimum Gasteiger partial charge on any atom is -0.426 e. The van der Waals surface area contributed by atoms with E-state index in [1.54, 1.807) is 0 Å². The van der Waals surface area contributed by atoms with E-state index in [-0.39, 0.29) is 33.9 Å². The van der Waals surface area contributed by atoms with Gasteiger partial charge in [0.1, 0.15) is 29.5 Å². The highest BCUT2D eigenvalue weighted by Gasteiger charge is 2.27. The van der Waals surface area contributed by atoms with Crippen molar-refractivity contribution in [2.75, 3.05) is 25.6 Å². The molecule has 2 unspecified atom stereocenters. The summed E-state index contributed by atoms with van der Waals surface area (Å²) >= 11 is 1.34. The molecule has 2 aromatic carbocycles. The first kappa shape index (κ1) is 33.4. The normalized spacial score (nSPS) is 12.1. The molecule has 2 N–H and O–H groups in total. The van der Waals surface area contributed by atoms with E-state index in [2.05, 4.69) is 10.6 Å². The lowest BCUT2D eigenvalue weighted by molar-refractivity contribution is -0.133. The molecule has 2 rings (SSSR count). The Morgan fingerprint density at radius 1 is 0.854 bits per heavy atom. The second-order valence-electron chi connectivity index (χ2n) is 8.90. The van der Waals surface area contributed by atoms with Gasteiger partial charge < -0.3 is 20.3 Å². The summed E-state index contributed by atoms with van der Waals surface area (Å²) in [7, 11) is 2.99. The number of benzene rings is 2. The van der Waals surface area contributed by atoms with E-state index in [1.165, 1.54) is 57.1 Å². The molecule has 0 spiro atoms. The number of amides is 3. The molecule has 220 valence electrons. The predicted octanol–water partition coefficient (Wildman–Crippen LogP) is 2.79. The summed E-state index contributed by atoms with van der Waals surface area (Å²) in [4.78, 5) is 74.7. The van der Waals surface area contributed by atoms with Crippen molar-refractivity contribution >= 4 is 57.4 Å². The van der Waals surface area contributed by atoms with Gasteiger partial charge >= 0.3 is 5.97 Å². The number of hydrogen-bond acceptors (Lipinski definition) is 9. The Balaban J connectivity index is 2.26. The number of nitrogens with zero attached hydrogens (tertiary/aromatic N) is 1. The minimum atomic E-state index is -1.16. The third kappa shape index (κ3) is 10.3. The van der Waals surface area contributed by atoms with Crippen LogP contribution >= 0.6 is 23.5 Å². The molecule has 0 aromatic heterocycles. The summed E-state index contributed by atoms with van der Waals surface area (Å²) < 4.78 is 32.9. The maximum absolute atomic E-state index is 14.4. The number of nitrogens with one attached hydrogen (secondary N) is 2. The second-order valence-corrected chi connectivity index (χ2v) is 10.9. The quantitative estimate of drug-likeness (QED) is 0.291. The highest BCUT2D eigenvalue weighted by Crippen LogP contribution is 2.32. The first-order valence-electron chi connectivity index (χ1n) is 12.1. The lowest BCUT2D eigenvalue weighted by Crippen LogP contribution is -2.48. The molecular weight excluding hydrogens is 580 g/mol. The van der Waals surface area contributed by atoms with E-state index in [9.17, 15) is 37.5 Å². The smallest absolute Gasteiger partial charge is 0.308 e. The van der Waals surface area contributed by atoms with Gasteiger partial charge in [-0.15, -0.1) is 0 Å². The van der Waals surface area contributed by atoms with Crippen molar-refractivity contribution in [2.24, 2.45) is 0 Å². The Morgan fingerprint density at radius 2 is 1.46 bits per heavy atom. The molecule has 0 aliphatic rings. The molecule has 0 aliphatic carbocycles. The van der Waals surface area contributed by atoms with Crippen LogP contribution in [-0.2, 0) is 24.0 Å². The van der Waals surface area contributed by atoms with Crippen LogP contribution in [0.1, 0.15) is 31.1 Å². The van der Waals surface area contributed by atoms with E-state index < -0.39 is 57.6 Å². The van der Waals surface area contributed by atoms with Gasteiger partial charge in [-0.05, 0) is 29.8 Å². The summed E-state index contributed by atoms with van der Waals surface area (Å²) in [6, 6.07) is 4.76. The van der Waals surface area contributed by atoms with Gasteiger partial charge in [0.05, 0.1) is 5.56 Å². The SMILES string of the molecule is CC(=O)NC(CSC(=O)c1cc(-c2ccc(F)cc2F)ccc1OC(C)=O)C(=O)SCC(NC(C)=O)C(=O)N(C)C. The van der Waals surface area contributed by atoms with Crippen LogP contribution in [0.2, 0.25) is 0 Å². The number of carbonyl (C=O) groups is 6. The Kier molecular flexibility index (Phi) is 12.5. The summed E-state index contributed by atoms with van der Waals surface area (Å²) in [6.45, 7) is 3.55. The van der Waals surface area contributed by atoms with Crippen LogP contribution in [0.5, 0.6) is 5.75 Å². The average Bonchev–Trinajstić information content (AvgIpc) is 2.87. The fraction of sp³-hybridized carbons (Fsp3) is 0.333. The van der Waals surface area contributed by atoms with Crippen LogP contribution < -0.4 is 15.4 Å². The van der Waals surface area contributed by atoms with Crippen LogP contribution in [-0.4, -0.2) is 76.5 Å². The Morgan fingerprint density at radius 3 is 2.02 bits per heavy atom. The monoisotopic (exact) mass is 609 g/mol. The van der Waals surface area contributed by atoms with Crippen LogP contribution in [0, 0.1) is 11.6 Å². The van der Waals surface area contributed by atoms with Crippen LogP contribution in [0.3, 0.4) is 0 Å². The number of carbonyl (C=O) groups excluding carboxylic acids is 6. The van der Waals surface area contributed by atoms with E-state index in [0.29, 0.717) is 29.6 Å². The predicted molar refractivity (Wildman–Crippen MR) is 151 cm³/mol. The molecule has 0 radical (unpaired) electrons. The number of thioether (sulfide) groups is 2. The number of halogens is 2. The largest absolute Gasteiger partial charge is 0.426 e. The molecule has 14 heteroatoms. The first-order chi connectivity index (χ1) is 19.2. The molecule has 0 aliphatic heterocycles. The van der Waals surface area contributed by atoms with Gasteiger partial charge in [0.2, 0.25) is 28.0 Å². The molecule has 0 saturated heterocycles. The van der Waals surface area contributed by atoms with Gasteiger partial charge in [-0.3, -0.25) is 28.8 Å². The topological polar surface area (TPSA) is 139 Å². The molecule has 2 aromatic rings. The average molecular weight is 610 g/mol. The molecular formula is C27H29F2N3O7S2. The molecule has 0 saturated carbocycles. The third-order valence-electron chi connectivity index (χ3n) is 5.25. The maximum atomic E-state index is 14.4. The van der Waals surface area contributed by atoms with Crippen molar-refractivity contribution < 1.29 is 42.3 Å². The summed E-state index contributed by atoms with van der Waals surface area (Å²) in [5.74, 6) is -4.27. The van der Waals surface area contributed by atoms with Gasteiger partial charge in [0.25, 0.3) is 0 Å². The van der Waals surface area contributed by atoms with Crippen molar-refractivity contribution in [3.63, 3.8) is 0 Å². The van der Waals surface area contributed by atoms with Crippen molar-refractivity contribution in [3.8, 4) is 16.9 Å². The van der Waals surface area contributed by atoms with E-state index in [1.807, 2.05) is 0 Å². The Hall–Kier alpha value is -3.78.